The fraction of sp³-hybridized carbons (Fsp3) is 0.364. The summed E-state index contributed by atoms with van der Waals surface area (Å²) in [6.07, 6.45) is 4.95. The lowest BCUT2D eigenvalue weighted by Gasteiger charge is -2.05. The zero-order chi connectivity index (χ0) is 12.4. The summed E-state index contributed by atoms with van der Waals surface area (Å²) in [5.41, 5.74) is 7.28. The first-order chi connectivity index (χ1) is 8.11. The molecule has 0 aromatic carbocycles. The second kappa shape index (κ2) is 5.65. The summed E-state index contributed by atoms with van der Waals surface area (Å²) in [6.45, 7) is 3.07. The Balaban J connectivity index is 2.20. The molecule has 0 bridgehead atoms. The summed E-state index contributed by atoms with van der Waals surface area (Å²) < 4.78 is 4.06. The van der Waals surface area contributed by atoms with Gasteiger partial charge in [0, 0.05) is 27.7 Å². The van der Waals surface area contributed by atoms with Crippen molar-refractivity contribution in [2.75, 3.05) is 0 Å². The molecule has 0 saturated carbocycles. The molecule has 6 heteroatoms. The minimum absolute atomic E-state index is 0.104. The highest BCUT2D eigenvalue weighted by Crippen LogP contribution is 2.36. The van der Waals surface area contributed by atoms with E-state index in [1.54, 1.807) is 11.3 Å². The van der Waals surface area contributed by atoms with Crippen molar-refractivity contribution in [3.63, 3.8) is 0 Å². The largest absolute Gasteiger partial charge is 0.320 e. The summed E-state index contributed by atoms with van der Waals surface area (Å²) in [6, 6.07) is 1.95. The molecule has 0 radical (unpaired) electrons. The molecule has 0 saturated heterocycles. The summed E-state index contributed by atoms with van der Waals surface area (Å²) >= 11 is 8.60. The number of aromatic nitrogens is 2. The second-order valence-corrected chi connectivity index (χ2v) is 7.04. The van der Waals surface area contributed by atoms with E-state index in [4.69, 9.17) is 5.73 Å². The van der Waals surface area contributed by atoms with E-state index in [0.29, 0.717) is 0 Å². The Bertz CT molecular complexity index is 487. The molecule has 92 valence electrons. The number of aryl methyl sites for hydroxylation is 1. The van der Waals surface area contributed by atoms with Gasteiger partial charge < -0.3 is 5.73 Å². The van der Waals surface area contributed by atoms with Crippen LogP contribution in [0.3, 0.4) is 0 Å². The van der Waals surface area contributed by atoms with Crippen LogP contribution < -0.4 is 5.73 Å². The van der Waals surface area contributed by atoms with Gasteiger partial charge in [-0.2, -0.15) is 5.10 Å². The molecular formula is C11H13Br2N3S. The Morgan fingerprint density at radius 1 is 1.53 bits per heavy atom. The van der Waals surface area contributed by atoms with Crippen LogP contribution in [0.1, 0.15) is 29.8 Å². The lowest BCUT2D eigenvalue weighted by Crippen LogP contribution is -2.09. The van der Waals surface area contributed by atoms with Gasteiger partial charge in [-0.05, 0) is 44.3 Å². The number of nitrogens with zero attached hydrogens (tertiary/aromatic N) is 2. The van der Waals surface area contributed by atoms with E-state index in [1.165, 1.54) is 0 Å². The maximum atomic E-state index is 6.22. The normalized spacial score (nSPS) is 12.9. The van der Waals surface area contributed by atoms with Gasteiger partial charge in [0.05, 0.1) is 16.0 Å². The third-order valence-corrected chi connectivity index (χ3v) is 5.78. The van der Waals surface area contributed by atoms with E-state index >= 15 is 0 Å². The minimum atomic E-state index is -0.104. The van der Waals surface area contributed by atoms with Gasteiger partial charge in [-0.15, -0.1) is 11.3 Å². The third kappa shape index (κ3) is 2.99. The van der Waals surface area contributed by atoms with Crippen LogP contribution in [0.25, 0.3) is 0 Å². The van der Waals surface area contributed by atoms with E-state index in [-0.39, 0.29) is 6.04 Å². The fourth-order valence-corrected chi connectivity index (χ4v) is 3.69. The predicted octanol–water partition coefficient (Wildman–Crippen LogP) is 3.93. The number of thiophene rings is 1. The van der Waals surface area contributed by atoms with Crippen molar-refractivity contribution in [1.82, 2.24) is 9.78 Å². The van der Waals surface area contributed by atoms with Crippen LogP contribution in [0.4, 0.5) is 0 Å². The van der Waals surface area contributed by atoms with Gasteiger partial charge in [0.1, 0.15) is 0 Å². The smallest absolute Gasteiger partial charge is 0.0843 e. The lowest BCUT2D eigenvalue weighted by molar-refractivity contribution is 0.602. The molecule has 0 aliphatic heterocycles. The van der Waals surface area contributed by atoms with Crippen molar-refractivity contribution in [1.29, 1.82) is 0 Å². The Morgan fingerprint density at radius 2 is 2.29 bits per heavy atom. The standard InChI is InChI=1S/C11H13Br2N3S/c1-2-3-16-6-7(5-15-16)10(14)9-4-8(12)11(13)17-9/h4-6,10H,2-3,14H2,1H3. The third-order valence-electron chi connectivity index (χ3n) is 2.44. The monoisotopic (exact) mass is 377 g/mol. The van der Waals surface area contributed by atoms with Crippen molar-refractivity contribution < 1.29 is 0 Å². The van der Waals surface area contributed by atoms with Crippen LogP contribution in [0.5, 0.6) is 0 Å². The minimum Gasteiger partial charge on any atom is -0.320 e. The Labute approximate surface area is 121 Å². The molecule has 2 heterocycles. The van der Waals surface area contributed by atoms with Gasteiger partial charge in [-0.3, -0.25) is 4.68 Å². The quantitative estimate of drug-likeness (QED) is 0.875. The van der Waals surface area contributed by atoms with Crippen molar-refractivity contribution in [2.24, 2.45) is 5.73 Å². The number of rotatable bonds is 4. The van der Waals surface area contributed by atoms with Gasteiger partial charge in [0.15, 0.2) is 0 Å². The van der Waals surface area contributed by atoms with Crippen molar-refractivity contribution in [2.45, 2.75) is 25.9 Å². The van der Waals surface area contributed by atoms with E-state index in [0.717, 1.165) is 31.7 Å². The maximum absolute atomic E-state index is 6.22. The average molecular weight is 379 g/mol. The fourth-order valence-electron chi connectivity index (χ4n) is 1.57. The number of hydrogen-bond donors (Lipinski definition) is 1. The summed E-state index contributed by atoms with van der Waals surface area (Å²) in [5.74, 6) is 0. The molecule has 2 aromatic rings. The molecule has 2 N–H and O–H groups in total. The molecule has 0 aliphatic rings. The number of nitrogens with two attached hydrogens (primary N) is 1. The number of halogens is 2. The molecular weight excluding hydrogens is 366 g/mol. The van der Waals surface area contributed by atoms with E-state index in [2.05, 4.69) is 49.9 Å². The second-order valence-electron chi connectivity index (χ2n) is 3.78. The van der Waals surface area contributed by atoms with E-state index in [9.17, 15) is 0 Å². The lowest BCUT2D eigenvalue weighted by atomic mass is 10.1. The Morgan fingerprint density at radius 3 is 2.88 bits per heavy atom. The first-order valence-corrected chi connectivity index (χ1v) is 7.74. The average Bonchev–Trinajstić information content (AvgIpc) is 2.87. The summed E-state index contributed by atoms with van der Waals surface area (Å²) in [5, 5.41) is 4.30. The van der Waals surface area contributed by atoms with Gasteiger partial charge in [-0.25, -0.2) is 0 Å². The SMILES string of the molecule is CCCn1cc(C(N)c2cc(Br)c(Br)s2)cn1. The van der Waals surface area contributed by atoms with Crippen LogP contribution in [0.15, 0.2) is 26.7 Å². The van der Waals surface area contributed by atoms with Crippen LogP contribution in [-0.4, -0.2) is 9.78 Å². The summed E-state index contributed by atoms with van der Waals surface area (Å²) in [7, 11) is 0. The van der Waals surface area contributed by atoms with Crippen molar-refractivity contribution in [3.8, 4) is 0 Å². The molecule has 2 rings (SSSR count). The van der Waals surface area contributed by atoms with Crippen LogP contribution >= 0.6 is 43.2 Å². The Hall–Kier alpha value is -0.170. The predicted molar refractivity (Wildman–Crippen MR) is 78.3 cm³/mol. The zero-order valence-electron chi connectivity index (χ0n) is 9.36. The molecule has 1 unspecified atom stereocenters. The van der Waals surface area contributed by atoms with Gasteiger partial charge in [0.25, 0.3) is 0 Å². The first kappa shape index (κ1) is 13.3. The van der Waals surface area contributed by atoms with Gasteiger partial charge >= 0.3 is 0 Å². The number of hydrogen-bond acceptors (Lipinski definition) is 3. The molecule has 1 atom stereocenters. The summed E-state index contributed by atoms with van der Waals surface area (Å²) in [4.78, 5) is 1.12. The van der Waals surface area contributed by atoms with Crippen molar-refractivity contribution >= 4 is 43.2 Å². The Kier molecular flexibility index (Phi) is 4.41. The first-order valence-electron chi connectivity index (χ1n) is 5.34. The molecule has 0 spiro atoms. The topological polar surface area (TPSA) is 43.8 Å². The van der Waals surface area contributed by atoms with Crippen LogP contribution in [0.2, 0.25) is 0 Å². The van der Waals surface area contributed by atoms with Gasteiger partial charge in [0.2, 0.25) is 0 Å². The molecule has 2 aromatic heterocycles. The highest BCUT2D eigenvalue weighted by atomic mass is 79.9. The van der Waals surface area contributed by atoms with E-state index < -0.39 is 0 Å². The molecule has 17 heavy (non-hydrogen) atoms. The molecule has 0 fully saturated rings. The van der Waals surface area contributed by atoms with Crippen molar-refractivity contribution in [3.05, 3.63) is 37.2 Å². The van der Waals surface area contributed by atoms with E-state index in [1.807, 2.05) is 17.1 Å². The highest BCUT2D eigenvalue weighted by Gasteiger charge is 2.15. The molecule has 0 aliphatic carbocycles. The maximum Gasteiger partial charge on any atom is 0.0843 e. The molecule has 0 amide bonds. The zero-order valence-corrected chi connectivity index (χ0v) is 13.3. The van der Waals surface area contributed by atoms with Gasteiger partial charge in [-0.1, -0.05) is 6.92 Å². The van der Waals surface area contributed by atoms with Crippen LogP contribution in [0, 0.1) is 0 Å². The molecule has 3 nitrogen and oxygen atoms in total. The highest BCUT2D eigenvalue weighted by molar-refractivity contribution is 9.13. The van der Waals surface area contributed by atoms with Crippen LogP contribution in [-0.2, 0) is 6.54 Å².